The van der Waals surface area contributed by atoms with Crippen LogP contribution in [0.5, 0.6) is 5.75 Å². The summed E-state index contributed by atoms with van der Waals surface area (Å²) in [6.45, 7) is 3.63. The van der Waals surface area contributed by atoms with Gasteiger partial charge in [0, 0.05) is 19.7 Å². The minimum Gasteiger partial charge on any atom is -0.494 e. The smallest absolute Gasteiger partial charge is 0.119 e. The van der Waals surface area contributed by atoms with Gasteiger partial charge in [-0.2, -0.15) is 0 Å². The van der Waals surface area contributed by atoms with Crippen molar-refractivity contribution < 1.29 is 9.47 Å². The highest BCUT2D eigenvalue weighted by molar-refractivity contribution is 5.28. The van der Waals surface area contributed by atoms with Crippen molar-refractivity contribution >= 4 is 0 Å². The molecule has 0 aromatic heterocycles. The molecule has 1 N–H and O–H groups in total. The second kappa shape index (κ2) is 6.03. The molecule has 0 saturated heterocycles. The Morgan fingerprint density at radius 3 is 2.88 bits per heavy atom. The monoisotopic (exact) mass is 235 g/mol. The molecule has 1 aliphatic rings. The van der Waals surface area contributed by atoms with E-state index in [1.807, 2.05) is 19.1 Å². The quantitative estimate of drug-likeness (QED) is 0.821. The summed E-state index contributed by atoms with van der Waals surface area (Å²) in [6.07, 6.45) is 2.71. The molecule has 0 spiro atoms. The predicted octanol–water partition coefficient (Wildman–Crippen LogP) is 2.35. The van der Waals surface area contributed by atoms with E-state index in [9.17, 15) is 0 Å². The Hall–Kier alpha value is -1.06. The van der Waals surface area contributed by atoms with E-state index in [-0.39, 0.29) is 0 Å². The molecule has 0 aliphatic heterocycles. The first-order valence-electron chi connectivity index (χ1n) is 6.29. The van der Waals surface area contributed by atoms with Crippen LogP contribution in [0, 0.1) is 0 Å². The van der Waals surface area contributed by atoms with Crippen LogP contribution >= 0.6 is 0 Å². The third-order valence-corrected chi connectivity index (χ3v) is 3.23. The number of hydrogen-bond acceptors (Lipinski definition) is 3. The fourth-order valence-corrected chi connectivity index (χ4v) is 2.10. The molecule has 0 bridgehead atoms. The fraction of sp³-hybridized carbons (Fsp3) is 0.571. The molecule has 1 aromatic rings. The van der Waals surface area contributed by atoms with Gasteiger partial charge >= 0.3 is 0 Å². The lowest BCUT2D eigenvalue weighted by Gasteiger charge is -2.34. The molecule has 0 radical (unpaired) electrons. The van der Waals surface area contributed by atoms with Gasteiger partial charge < -0.3 is 14.8 Å². The van der Waals surface area contributed by atoms with Gasteiger partial charge in [-0.25, -0.2) is 0 Å². The van der Waals surface area contributed by atoms with E-state index in [2.05, 4.69) is 17.4 Å². The van der Waals surface area contributed by atoms with Crippen molar-refractivity contribution in [2.24, 2.45) is 0 Å². The summed E-state index contributed by atoms with van der Waals surface area (Å²) < 4.78 is 10.7. The van der Waals surface area contributed by atoms with Gasteiger partial charge in [-0.15, -0.1) is 0 Å². The average molecular weight is 235 g/mol. The normalized spacial score (nSPS) is 23.2. The molecule has 0 unspecified atom stereocenters. The van der Waals surface area contributed by atoms with Gasteiger partial charge in [-0.05, 0) is 37.5 Å². The van der Waals surface area contributed by atoms with Crippen LogP contribution in [0.25, 0.3) is 0 Å². The zero-order valence-corrected chi connectivity index (χ0v) is 10.6. The predicted molar refractivity (Wildman–Crippen MR) is 68.3 cm³/mol. The maximum atomic E-state index is 5.48. The van der Waals surface area contributed by atoms with Crippen molar-refractivity contribution in [3.63, 3.8) is 0 Å². The molecular formula is C14H21NO2. The van der Waals surface area contributed by atoms with E-state index >= 15 is 0 Å². The van der Waals surface area contributed by atoms with Gasteiger partial charge in [0.05, 0.1) is 12.7 Å². The van der Waals surface area contributed by atoms with E-state index in [1.54, 1.807) is 7.11 Å². The van der Waals surface area contributed by atoms with Crippen molar-refractivity contribution in [1.29, 1.82) is 0 Å². The molecule has 1 saturated carbocycles. The first-order chi connectivity index (χ1) is 8.31. The lowest BCUT2D eigenvalue weighted by molar-refractivity contribution is 0.0170. The molecule has 94 valence electrons. The van der Waals surface area contributed by atoms with Gasteiger partial charge in [0.15, 0.2) is 0 Å². The van der Waals surface area contributed by atoms with Gasteiger partial charge in [-0.3, -0.25) is 0 Å². The first-order valence-corrected chi connectivity index (χ1v) is 6.29. The summed E-state index contributed by atoms with van der Waals surface area (Å²) in [5.41, 5.74) is 1.27. The molecular weight excluding hydrogens is 214 g/mol. The standard InChI is InChI=1S/C14H21NO2/c1-3-17-13-6-4-5-11(7-13)10-15-12-8-14(9-12)16-2/h4-7,12,14-15H,3,8-10H2,1-2H3. The largest absolute Gasteiger partial charge is 0.494 e. The lowest BCUT2D eigenvalue weighted by atomic mass is 9.89. The van der Waals surface area contributed by atoms with Crippen LogP contribution in [-0.4, -0.2) is 25.9 Å². The average Bonchev–Trinajstić information content (AvgIpc) is 2.28. The summed E-state index contributed by atoms with van der Waals surface area (Å²) in [7, 11) is 1.78. The molecule has 17 heavy (non-hydrogen) atoms. The second-order valence-electron chi connectivity index (χ2n) is 4.49. The third-order valence-electron chi connectivity index (χ3n) is 3.23. The topological polar surface area (TPSA) is 30.5 Å². The molecule has 1 aromatic carbocycles. The van der Waals surface area contributed by atoms with Crippen LogP contribution in [0.15, 0.2) is 24.3 Å². The van der Waals surface area contributed by atoms with Crippen LogP contribution in [0.2, 0.25) is 0 Å². The van der Waals surface area contributed by atoms with Crippen molar-refractivity contribution in [1.82, 2.24) is 5.32 Å². The fourth-order valence-electron chi connectivity index (χ4n) is 2.10. The number of nitrogens with one attached hydrogen (secondary N) is 1. The minimum absolute atomic E-state index is 0.460. The number of hydrogen-bond donors (Lipinski definition) is 1. The summed E-state index contributed by atoms with van der Waals surface area (Å²) in [5.74, 6) is 0.954. The minimum atomic E-state index is 0.460. The number of ether oxygens (including phenoxy) is 2. The number of rotatable bonds is 6. The molecule has 2 rings (SSSR count). The van der Waals surface area contributed by atoms with Crippen molar-refractivity contribution in [2.45, 2.75) is 38.5 Å². The molecule has 1 fully saturated rings. The van der Waals surface area contributed by atoms with Gasteiger partial charge in [0.2, 0.25) is 0 Å². The molecule has 0 atom stereocenters. The zero-order chi connectivity index (χ0) is 12.1. The Morgan fingerprint density at radius 1 is 1.35 bits per heavy atom. The highest BCUT2D eigenvalue weighted by Gasteiger charge is 2.28. The second-order valence-corrected chi connectivity index (χ2v) is 4.49. The highest BCUT2D eigenvalue weighted by Crippen LogP contribution is 2.23. The summed E-state index contributed by atoms with van der Waals surface area (Å²) >= 11 is 0. The van der Waals surface area contributed by atoms with E-state index in [0.717, 1.165) is 31.7 Å². The van der Waals surface area contributed by atoms with Gasteiger partial charge in [-0.1, -0.05) is 12.1 Å². The van der Waals surface area contributed by atoms with E-state index in [1.165, 1.54) is 5.56 Å². The van der Waals surface area contributed by atoms with Crippen molar-refractivity contribution in [3.8, 4) is 5.75 Å². The highest BCUT2D eigenvalue weighted by atomic mass is 16.5. The van der Waals surface area contributed by atoms with Crippen LogP contribution in [-0.2, 0) is 11.3 Å². The van der Waals surface area contributed by atoms with Gasteiger partial charge in [0.25, 0.3) is 0 Å². The number of benzene rings is 1. The Bertz CT molecular complexity index is 348. The maximum Gasteiger partial charge on any atom is 0.119 e. The zero-order valence-electron chi connectivity index (χ0n) is 10.6. The summed E-state index contributed by atoms with van der Waals surface area (Å²) in [4.78, 5) is 0. The first kappa shape index (κ1) is 12.4. The van der Waals surface area contributed by atoms with E-state index in [0.29, 0.717) is 12.1 Å². The molecule has 1 aliphatic carbocycles. The number of methoxy groups -OCH3 is 1. The maximum absolute atomic E-state index is 5.48. The molecule has 3 heteroatoms. The van der Waals surface area contributed by atoms with Gasteiger partial charge in [0.1, 0.15) is 5.75 Å². The Kier molecular flexibility index (Phi) is 4.40. The summed E-state index contributed by atoms with van der Waals surface area (Å²) in [6, 6.07) is 8.87. The molecule has 3 nitrogen and oxygen atoms in total. The van der Waals surface area contributed by atoms with Crippen LogP contribution in [0.3, 0.4) is 0 Å². The van der Waals surface area contributed by atoms with Crippen LogP contribution in [0.1, 0.15) is 25.3 Å². The Balaban J connectivity index is 1.77. The van der Waals surface area contributed by atoms with Crippen LogP contribution < -0.4 is 10.1 Å². The lowest BCUT2D eigenvalue weighted by Crippen LogP contribution is -2.44. The van der Waals surface area contributed by atoms with E-state index < -0.39 is 0 Å². The molecule has 0 heterocycles. The summed E-state index contributed by atoms with van der Waals surface area (Å²) in [5, 5.41) is 3.53. The Labute approximate surface area is 103 Å². The molecule has 0 amide bonds. The Morgan fingerprint density at radius 2 is 2.18 bits per heavy atom. The van der Waals surface area contributed by atoms with Crippen molar-refractivity contribution in [2.75, 3.05) is 13.7 Å². The SMILES string of the molecule is CCOc1cccc(CNC2CC(OC)C2)c1. The van der Waals surface area contributed by atoms with E-state index in [4.69, 9.17) is 9.47 Å². The van der Waals surface area contributed by atoms with Crippen LogP contribution in [0.4, 0.5) is 0 Å². The third kappa shape index (κ3) is 3.45. The van der Waals surface area contributed by atoms with Crippen molar-refractivity contribution in [3.05, 3.63) is 29.8 Å².